The molecule has 1 aromatic carbocycles. The van der Waals surface area contributed by atoms with Crippen molar-refractivity contribution in [1.29, 1.82) is 0 Å². The molecule has 0 saturated heterocycles. The van der Waals surface area contributed by atoms with Crippen molar-refractivity contribution in [3.05, 3.63) is 51.7 Å². The second-order valence-corrected chi connectivity index (χ2v) is 5.17. The third kappa shape index (κ3) is 2.54. The number of aryl methyl sites for hydroxylation is 1. The molecule has 0 bridgehead atoms. The number of hydrogen-bond acceptors (Lipinski definition) is 3. The molecule has 0 spiro atoms. The molecule has 1 unspecified atom stereocenters. The van der Waals surface area contributed by atoms with Crippen molar-refractivity contribution in [2.45, 2.75) is 19.9 Å². The fourth-order valence-corrected chi connectivity index (χ4v) is 2.64. The van der Waals surface area contributed by atoms with E-state index in [1.165, 1.54) is 16.9 Å². The van der Waals surface area contributed by atoms with Crippen LogP contribution in [0.2, 0.25) is 0 Å². The van der Waals surface area contributed by atoms with Crippen LogP contribution in [0.4, 0.5) is 5.69 Å². The first-order valence-electron chi connectivity index (χ1n) is 5.79. The zero-order valence-electron chi connectivity index (χ0n) is 10.4. The molecule has 18 heavy (non-hydrogen) atoms. The van der Waals surface area contributed by atoms with E-state index in [2.05, 4.69) is 5.32 Å². The molecule has 0 aliphatic heterocycles. The fourth-order valence-electron chi connectivity index (χ4n) is 1.92. The van der Waals surface area contributed by atoms with Crippen molar-refractivity contribution in [1.82, 2.24) is 5.32 Å². The van der Waals surface area contributed by atoms with Crippen molar-refractivity contribution in [2.24, 2.45) is 0 Å². The van der Waals surface area contributed by atoms with E-state index in [1.54, 1.807) is 6.07 Å². The molecule has 0 aliphatic carbocycles. The highest BCUT2D eigenvalue weighted by atomic mass is 32.1. The van der Waals surface area contributed by atoms with Gasteiger partial charge < -0.3 is 11.1 Å². The summed E-state index contributed by atoms with van der Waals surface area (Å²) in [6.45, 7) is 4.02. The molecule has 2 rings (SSSR count). The Morgan fingerprint density at radius 3 is 2.67 bits per heavy atom. The molecule has 1 amide bonds. The Balaban J connectivity index is 2.13. The smallest absolute Gasteiger partial charge is 0.263 e. The summed E-state index contributed by atoms with van der Waals surface area (Å²) in [7, 11) is 0. The lowest BCUT2D eigenvalue weighted by molar-refractivity contribution is 0.0945. The molecule has 1 aromatic heterocycles. The Kier molecular flexibility index (Phi) is 3.67. The number of rotatable bonds is 3. The van der Waals surface area contributed by atoms with Crippen molar-refractivity contribution in [3.8, 4) is 0 Å². The molecule has 3 N–H and O–H groups in total. The molecule has 4 heteroatoms. The van der Waals surface area contributed by atoms with Crippen LogP contribution in [-0.4, -0.2) is 5.91 Å². The highest BCUT2D eigenvalue weighted by Gasteiger charge is 2.15. The van der Waals surface area contributed by atoms with Crippen LogP contribution in [-0.2, 0) is 0 Å². The molecule has 1 heterocycles. The maximum Gasteiger partial charge on any atom is 0.263 e. The standard InChI is InChI=1S/C14H16N2OS/c1-9-5-3-4-6-11(9)10(2)16-14(17)13-12(15)7-8-18-13/h3-8,10H,15H2,1-2H3,(H,16,17). The minimum absolute atomic E-state index is 0.0276. The monoisotopic (exact) mass is 260 g/mol. The van der Waals surface area contributed by atoms with Crippen LogP contribution in [0, 0.1) is 6.92 Å². The zero-order chi connectivity index (χ0) is 13.1. The van der Waals surface area contributed by atoms with Crippen LogP contribution in [0.15, 0.2) is 35.7 Å². The van der Waals surface area contributed by atoms with E-state index in [1.807, 2.05) is 43.5 Å². The lowest BCUT2D eigenvalue weighted by Crippen LogP contribution is -2.26. The van der Waals surface area contributed by atoms with E-state index in [4.69, 9.17) is 5.73 Å². The van der Waals surface area contributed by atoms with Gasteiger partial charge in [-0.2, -0.15) is 0 Å². The number of anilines is 1. The highest BCUT2D eigenvalue weighted by molar-refractivity contribution is 7.12. The number of carbonyl (C=O) groups excluding carboxylic acids is 1. The summed E-state index contributed by atoms with van der Waals surface area (Å²) >= 11 is 1.36. The Morgan fingerprint density at radius 2 is 2.06 bits per heavy atom. The molecule has 0 fully saturated rings. The lowest BCUT2D eigenvalue weighted by Gasteiger charge is -2.16. The Hall–Kier alpha value is -1.81. The first-order valence-corrected chi connectivity index (χ1v) is 6.67. The second-order valence-electron chi connectivity index (χ2n) is 4.26. The molecule has 94 valence electrons. The first-order chi connectivity index (χ1) is 8.59. The van der Waals surface area contributed by atoms with Gasteiger partial charge in [0.05, 0.1) is 11.7 Å². The summed E-state index contributed by atoms with van der Waals surface area (Å²) in [5.41, 5.74) is 8.57. The van der Waals surface area contributed by atoms with Gasteiger partial charge in [0.2, 0.25) is 0 Å². The van der Waals surface area contributed by atoms with E-state index in [0.717, 1.165) is 5.56 Å². The molecular formula is C14H16N2OS. The van der Waals surface area contributed by atoms with Crippen molar-refractivity contribution in [2.75, 3.05) is 5.73 Å². The van der Waals surface area contributed by atoms with Gasteiger partial charge >= 0.3 is 0 Å². The molecule has 0 saturated carbocycles. The summed E-state index contributed by atoms with van der Waals surface area (Å²) < 4.78 is 0. The molecule has 0 aliphatic rings. The molecule has 0 radical (unpaired) electrons. The Bertz CT molecular complexity index is 562. The summed E-state index contributed by atoms with van der Waals surface area (Å²) in [4.78, 5) is 12.6. The van der Waals surface area contributed by atoms with Crippen LogP contribution < -0.4 is 11.1 Å². The van der Waals surface area contributed by atoms with Gasteiger partial charge in [0, 0.05) is 0 Å². The van der Waals surface area contributed by atoms with Gasteiger partial charge in [-0.15, -0.1) is 11.3 Å². The number of nitrogens with two attached hydrogens (primary N) is 1. The van der Waals surface area contributed by atoms with Crippen LogP contribution in [0.3, 0.4) is 0 Å². The van der Waals surface area contributed by atoms with Crippen LogP contribution in [0.5, 0.6) is 0 Å². The van der Waals surface area contributed by atoms with E-state index in [9.17, 15) is 4.79 Å². The largest absolute Gasteiger partial charge is 0.397 e. The van der Waals surface area contributed by atoms with Crippen molar-refractivity contribution >= 4 is 22.9 Å². The zero-order valence-corrected chi connectivity index (χ0v) is 11.3. The summed E-state index contributed by atoms with van der Waals surface area (Å²) in [6.07, 6.45) is 0. The first kappa shape index (κ1) is 12.6. The lowest BCUT2D eigenvalue weighted by atomic mass is 10.0. The molecule has 3 nitrogen and oxygen atoms in total. The maximum absolute atomic E-state index is 12.0. The van der Waals surface area contributed by atoms with Gasteiger partial charge in [-0.25, -0.2) is 0 Å². The van der Waals surface area contributed by atoms with E-state index in [-0.39, 0.29) is 11.9 Å². The third-order valence-electron chi connectivity index (χ3n) is 2.90. The predicted molar refractivity (Wildman–Crippen MR) is 75.8 cm³/mol. The number of hydrogen-bond donors (Lipinski definition) is 2. The third-order valence-corrected chi connectivity index (χ3v) is 3.83. The summed E-state index contributed by atoms with van der Waals surface area (Å²) in [5.74, 6) is -0.113. The normalized spacial score (nSPS) is 12.1. The van der Waals surface area contributed by atoms with Gasteiger partial charge in [0.25, 0.3) is 5.91 Å². The van der Waals surface area contributed by atoms with Crippen LogP contribution in [0.1, 0.15) is 33.8 Å². The minimum atomic E-state index is -0.113. The van der Waals surface area contributed by atoms with Crippen molar-refractivity contribution < 1.29 is 4.79 Å². The molecule has 2 aromatic rings. The molecular weight excluding hydrogens is 244 g/mol. The second kappa shape index (κ2) is 5.23. The van der Waals surface area contributed by atoms with Gasteiger partial charge in [0.1, 0.15) is 4.88 Å². The number of nitrogens with one attached hydrogen (secondary N) is 1. The number of benzene rings is 1. The fraction of sp³-hybridized carbons (Fsp3) is 0.214. The van der Waals surface area contributed by atoms with Crippen LogP contribution in [0.25, 0.3) is 0 Å². The highest BCUT2D eigenvalue weighted by Crippen LogP contribution is 2.21. The van der Waals surface area contributed by atoms with E-state index >= 15 is 0 Å². The average molecular weight is 260 g/mol. The van der Waals surface area contributed by atoms with Gasteiger partial charge in [-0.05, 0) is 36.4 Å². The maximum atomic E-state index is 12.0. The van der Waals surface area contributed by atoms with Gasteiger partial charge in [-0.3, -0.25) is 4.79 Å². The van der Waals surface area contributed by atoms with Crippen molar-refractivity contribution in [3.63, 3.8) is 0 Å². The number of carbonyl (C=O) groups is 1. The summed E-state index contributed by atoms with van der Waals surface area (Å²) in [6, 6.07) is 9.75. The minimum Gasteiger partial charge on any atom is -0.397 e. The van der Waals surface area contributed by atoms with Crippen LogP contribution >= 0.6 is 11.3 Å². The van der Waals surface area contributed by atoms with E-state index < -0.39 is 0 Å². The Labute approximate surface area is 111 Å². The van der Waals surface area contributed by atoms with Gasteiger partial charge in [-0.1, -0.05) is 24.3 Å². The van der Waals surface area contributed by atoms with E-state index in [0.29, 0.717) is 10.6 Å². The SMILES string of the molecule is Cc1ccccc1C(C)NC(=O)c1sccc1N. The number of nitrogen functional groups attached to an aromatic ring is 1. The number of thiophene rings is 1. The topological polar surface area (TPSA) is 55.1 Å². The quantitative estimate of drug-likeness (QED) is 0.890. The number of amides is 1. The average Bonchev–Trinajstić information content (AvgIpc) is 2.76. The Morgan fingerprint density at radius 1 is 1.33 bits per heavy atom. The van der Waals surface area contributed by atoms with Gasteiger partial charge in [0.15, 0.2) is 0 Å². The summed E-state index contributed by atoms with van der Waals surface area (Å²) in [5, 5.41) is 4.79. The predicted octanol–water partition coefficient (Wildman–Crippen LogP) is 3.13. The molecule has 1 atom stereocenters.